The minimum atomic E-state index is -3.42. The summed E-state index contributed by atoms with van der Waals surface area (Å²) >= 11 is 0. The fraction of sp³-hybridized carbons (Fsp3) is 0.467. The number of amides is 2. The van der Waals surface area contributed by atoms with Gasteiger partial charge in [-0.15, -0.1) is 0 Å². The Bertz CT molecular complexity index is 729. The van der Waals surface area contributed by atoms with Crippen LogP contribution in [0.15, 0.2) is 18.2 Å². The molecule has 0 radical (unpaired) electrons. The van der Waals surface area contributed by atoms with E-state index in [-0.39, 0.29) is 12.8 Å². The smallest absolute Gasteiger partial charge is 0.319 e. The molecule has 0 aliphatic carbocycles. The average Bonchev–Trinajstić information content (AvgIpc) is 2.38. The van der Waals surface area contributed by atoms with Crippen LogP contribution in [0.25, 0.3) is 0 Å². The Hall–Kier alpha value is -2.29. The van der Waals surface area contributed by atoms with Gasteiger partial charge in [-0.25, -0.2) is 13.2 Å². The minimum Gasteiger partial charge on any atom is -0.481 e. The predicted octanol–water partition coefficient (Wildman–Crippen LogP) is 2.13. The third-order valence-corrected chi connectivity index (χ3v) is 3.80. The number of anilines is 2. The molecule has 0 aromatic heterocycles. The van der Waals surface area contributed by atoms with E-state index in [1.165, 1.54) is 6.07 Å². The molecule has 0 saturated carbocycles. The number of carboxylic acid groups (broad SMARTS) is 1. The van der Waals surface area contributed by atoms with Gasteiger partial charge in [-0.3, -0.25) is 9.52 Å². The minimum absolute atomic E-state index is 0.0553. The molecule has 8 nitrogen and oxygen atoms in total. The molecule has 0 saturated heterocycles. The monoisotopic (exact) mass is 357 g/mol. The molecule has 1 rings (SSSR count). The summed E-state index contributed by atoms with van der Waals surface area (Å²) in [6, 6.07) is 4.34. The standard InChI is InChI=1S/C15H23N3O5S/c1-10-5-6-11(9-12(10)18-24(4,22)23)16-14(21)17-15(2,3)8-7-13(19)20/h5-6,9,18H,7-8H2,1-4H3,(H,19,20)(H2,16,17,21). The van der Waals surface area contributed by atoms with E-state index in [1.807, 2.05) is 0 Å². The fourth-order valence-corrected chi connectivity index (χ4v) is 2.58. The molecular weight excluding hydrogens is 334 g/mol. The Morgan fingerprint density at radius 1 is 1.25 bits per heavy atom. The second kappa shape index (κ2) is 7.52. The first-order valence-corrected chi connectivity index (χ1v) is 9.16. The van der Waals surface area contributed by atoms with Crippen LogP contribution >= 0.6 is 0 Å². The topological polar surface area (TPSA) is 125 Å². The molecule has 9 heteroatoms. The van der Waals surface area contributed by atoms with Crippen molar-refractivity contribution in [1.29, 1.82) is 0 Å². The van der Waals surface area contributed by atoms with Crippen LogP contribution in [0.5, 0.6) is 0 Å². The summed E-state index contributed by atoms with van der Waals surface area (Å²) in [4.78, 5) is 22.7. The average molecular weight is 357 g/mol. The van der Waals surface area contributed by atoms with Crippen LogP contribution in [0.1, 0.15) is 32.3 Å². The van der Waals surface area contributed by atoms with Gasteiger partial charge in [0.1, 0.15) is 0 Å². The Kier molecular flexibility index (Phi) is 6.19. The normalized spacial score (nSPS) is 11.7. The van der Waals surface area contributed by atoms with E-state index in [1.54, 1.807) is 32.9 Å². The number of sulfonamides is 1. The maximum Gasteiger partial charge on any atom is 0.319 e. The van der Waals surface area contributed by atoms with E-state index < -0.39 is 27.6 Å². The zero-order chi connectivity index (χ0) is 18.5. The Morgan fingerprint density at radius 2 is 1.88 bits per heavy atom. The molecule has 0 unspecified atom stereocenters. The van der Waals surface area contributed by atoms with Gasteiger partial charge in [0.2, 0.25) is 10.0 Å². The van der Waals surface area contributed by atoms with Crippen molar-refractivity contribution in [2.75, 3.05) is 16.3 Å². The van der Waals surface area contributed by atoms with Crippen LogP contribution in [0.4, 0.5) is 16.2 Å². The highest BCUT2D eigenvalue weighted by atomic mass is 32.2. The van der Waals surface area contributed by atoms with Gasteiger partial charge in [-0.2, -0.15) is 0 Å². The number of hydrogen-bond acceptors (Lipinski definition) is 4. The van der Waals surface area contributed by atoms with Gasteiger partial charge in [0.15, 0.2) is 0 Å². The van der Waals surface area contributed by atoms with Gasteiger partial charge in [0, 0.05) is 17.6 Å². The van der Waals surface area contributed by atoms with Crippen molar-refractivity contribution in [3.63, 3.8) is 0 Å². The fourth-order valence-electron chi connectivity index (χ4n) is 1.96. The Balaban J connectivity index is 2.77. The molecular formula is C15H23N3O5S. The molecule has 0 spiro atoms. The number of aryl methyl sites for hydroxylation is 1. The molecule has 0 aliphatic rings. The SMILES string of the molecule is Cc1ccc(NC(=O)NC(C)(C)CCC(=O)O)cc1NS(C)(=O)=O. The first-order chi connectivity index (χ1) is 10.9. The number of benzene rings is 1. The van der Waals surface area contributed by atoms with Crippen molar-refractivity contribution in [3.8, 4) is 0 Å². The summed E-state index contributed by atoms with van der Waals surface area (Å²) in [6.45, 7) is 5.19. The molecule has 4 N–H and O–H groups in total. The summed E-state index contributed by atoms with van der Waals surface area (Å²) in [5, 5.41) is 14.0. The zero-order valence-corrected chi connectivity index (χ0v) is 15.0. The van der Waals surface area contributed by atoms with Crippen LogP contribution in [0.2, 0.25) is 0 Å². The van der Waals surface area contributed by atoms with E-state index in [2.05, 4.69) is 15.4 Å². The molecule has 134 valence electrons. The summed E-state index contributed by atoms with van der Waals surface area (Å²) in [5.74, 6) is -0.930. The lowest BCUT2D eigenvalue weighted by Gasteiger charge is -2.25. The van der Waals surface area contributed by atoms with Crippen molar-refractivity contribution in [3.05, 3.63) is 23.8 Å². The lowest BCUT2D eigenvalue weighted by atomic mass is 9.99. The number of carboxylic acids is 1. The lowest BCUT2D eigenvalue weighted by molar-refractivity contribution is -0.137. The van der Waals surface area contributed by atoms with Crippen LogP contribution in [-0.2, 0) is 14.8 Å². The van der Waals surface area contributed by atoms with Crippen molar-refractivity contribution < 1.29 is 23.1 Å². The second-order valence-electron chi connectivity index (χ2n) is 6.26. The number of carbonyl (C=O) groups is 2. The molecule has 0 atom stereocenters. The van der Waals surface area contributed by atoms with Crippen molar-refractivity contribution in [1.82, 2.24) is 5.32 Å². The second-order valence-corrected chi connectivity index (χ2v) is 8.01. The Labute approximate surface area is 141 Å². The van der Waals surface area contributed by atoms with Crippen molar-refractivity contribution in [2.24, 2.45) is 0 Å². The maximum absolute atomic E-state index is 12.0. The third-order valence-electron chi connectivity index (χ3n) is 3.21. The highest BCUT2D eigenvalue weighted by Crippen LogP contribution is 2.21. The first-order valence-electron chi connectivity index (χ1n) is 7.27. The summed E-state index contributed by atoms with van der Waals surface area (Å²) in [7, 11) is -3.42. The largest absolute Gasteiger partial charge is 0.481 e. The highest BCUT2D eigenvalue weighted by molar-refractivity contribution is 7.92. The van der Waals surface area contributed by atoms with E-state index in [9.17, 15) is 18.0 Å². The molecule has 0 fully saturated rings. The molecule has 0 bridgehead atoms. The third kappa shape index (κ3) is 7.32. The number of carbonyl (C=O) groups excluding carboxylic acids is 1. The van der Waals surface area contributed by atoms with Gasteiger partial charge in [0.05, 0.1) is 11.9 Å². The van der Waals surface area contributed by atoms with E-state index in [4.69, 9.17) is 5.11 Å². The van der Waals surface area contributed by atoms with Crippen LogP contribution in [0, 0.1) is 6.92 Å². The molecule has 0 heterocycles. The number of nitrogens with one attached hydrogen (secondary N) is 3. The molecule has 0 aliphatic heterocycles. The van der Waals surface area contributed by atoms with Gasteiger partial charge in [-0.1, -0.05) is 6.07 Å². The summed E-state index contributed by atoms with van der Waals surface area (Å²) < 4.78 is 25.1. The van der Waals surface area contributed by atoms with Crippen LogP contribution in [0.3, 0.4) is 0 Å². The molecule has 24 heavy (non-hydrogen) atoms. The number of urea groups is 1. The van der Waals surface area contributed by atoms with Gasteiger partial charge < -0.3 is 15.7 Å². The summed E-state index contributed by atoms with van der Waals surface area (Å²) in [6.07, 6.45) is 1.27. The van der Waals surface area contributed by atoms with Crippen molar-refractivity contribution >= 4 is 33.4 Å². The van der Waals surface area contributed by atoms with Crippen molar-refractivity contribution in [2.45, 2.75) is 39.2 Å². The molecule has 1 aromatic rings. The van der Waals surface area contributed by atoms with Crippen LogP contribution in [-0.4, -0.2) is 37.3 Å². The van der Waals surface area contributed by atoms with E-state index >= 15 is 0 Å². The number of rotatable bonds is 7. The summed E-state index contributed by atoms with van der Waals surface area (Å²) in [5.41, 5.74) is 0.813. The van der Waals surface area contributed by atoms with Crippen LogP contribution < -0.4 is 15.4 Å². The van der Waals surface area contributed by atoms with Gasteiger partial charge in [0.25, 0.3) is 0 Å². The first kappa shape index (κ1) is 19.8. The highest BCUT2D eigenvalue weighted by Gasteiger charge is 2.21. The number of hydrogen-bond donors (Lipinski definition) is 4. The van der Waals surface area contributed by atoms with Gasteiger partial charge in [-0.05, 0) is 44.9 Å². The quantitative estimate of drug-likeness (QED) is 0.595. The maximum atomic E-state index is 12.0. The van der Waals surface area contributed by atoms with E-state index in [0.29, 0.717) is 16.9 Å². The van der Waals surface area contributed by atoms with Gasteiger partial charge >= 0.3 is 12.0 Å². The lowest BCUT2D eigenvalue weighted by Crippen LogP contribution is -2.45. The zero-order valence-electron chi connectivity index (χ0n) is 14.1. The molecule has 2 amide bonds. The predicted molar refractivity (Wildman–Crippen MR) is 92.7 cm³/mol. The Morgan fingerprint density at radius 3 is 2.42 bits per heavy atom. The molecule has 1 aromatic carbocycles. The number of aliphatic carboxylic acids is 1. The van der Waals surface area contributed by atoms with E-state index in [0.717, 1.165) is 6.26 Å².